The second-order valence-electron chi connectivity index (χ2n) is 3.55. The second-order valence-corrected chi connectivity index (χ2v) is 5.32. The van der Waals surface area contributed by atoms with Crippen molar-refractivity contribution in [2.24, 2.45) is 0 Å². The summed E-state index contributed by atoms with van der Waals surface area (Å²) >= 11 is 6.74. The van der Waals surface area contributed by atoms with Crippen LogP contribution in [0.25, 0.3) is 0 Å². The highest BCUT2D eigenvalue weighted by Crippen LogP contribution is 2.36. The van der Waals surface area contributed by atoms with Crippen molar-refractivity contribution in [1.82, 2.24) is 0 Å². The van der Waals surface area contributed by atoms with E-state index in [9.17, 15) is 8.78 Å². The molecule has 0 aromatic heterocycles. The third-order valence-electron chi connectivity index (χ3n) is 2.42. The van der Waals surface area contributed by atoms with E-state index in [1.807, 2.05) is 0 Å². The number of halogens is 4. The van der Waals surface area contributed by atoms with E-state index in [2.05, 4.69) is 31.9 Å². The molecule has 1 atom stereocenters. The van der Waals surface area contributed by atoms with E-state index in [0.29, 0.717) is 10.0 Å². The van der Waals surface area contributed by atoms with Crippen molar-refractivity contribution in [3.8, 4) is 0 Å². The molecule has 4 heteroatoms. The van der Waals surface area contributed by atoms with Crippen LogP contribution in [-0.2, 0) is 0 Å². The smallest absolute Gasteiger partial charge is 0.129 e. The van der Waals surface area contributed by atoms with Gasteiger partial charge in [0.2, 0.25) is 0 Å². The molecule has 1 unspecified atom stereocenters. The van der Waals surface area contributed by atoms with Gasteiger partial charge in [-0.25, -0.2) is 8.78 Å². The fourth-order valence-corrected chi connectivity index (χ4v) is 3.20. The van der Waals surface area contributed by atoms with E-state index >= 15 is 0 Å². The minimum absolute atomic E-state index is 0.300. The number of hydrogen-bond acceptors (Lipinski definition) is 0. The van der Waals surface area contributed by atoms with Crippen LogP contribution in [0.2, 0.25) is 0 Å². The Balaban J connectivity index is 2.43. The van der Waals surface area contributed by atoms with Gasteiger partial charge < -0.3 is 0 Å². The van der Waals surface area contributed by atoms with E-state index in [4.69, 9.17) is 0 Å². The van der Waals surface area contributed by atoms with E-state index in [0.717, 1.165) is 5.56 Å². The molecule has 2 aromatic carbocycles. The average molecular weight is 362 g/mol. The van der Waals surface area contributed by atoms with Crippen LogP contribution < -0.4 is 0 Å². The number of rotatable bonds is 2. The molecule has 0 nitrogen and oxygen atoms in total. The summed E-state index contributed by atoms with van der Waals surface area (Å²) in [5.74, 6) is -0.605. The van der Waals surface area contributed by atoms with Crippen LogP contribution in [-0.4, -0.2) is 0 Å². The van der Waals surface area contributed by atoms with Gasteiger partial charge in [-0.15, -0.1) is 0 Å². The molecule has 0 heterocycles. The van der Waals surface area contributed by atoms with Crippen molar-refractivity contribution in [1.29, 1.82) is 0 Å². The van der Waals surface area contributed by atoms with E-state index in [1.54, 1.807) is 24.3 Å². The third kappa shape index (κ3) is 2.75. The van der Waals surface area contributed by atoms with Crippen LogP contribution in [0, 0.1) is 11.6 Å². The van der Waals surface area contributed by atoms with Gasteiger partial charge >= 0.3 is 0 Å². The zero-order valence-electron chi connectivity index (χ0n) is 8.63. The Morgan fingerprint density at radius 2 is 1.59 bits per heavy atom. The molecule has 2 rings (SSSR count). The molecular weight excluding hydrogens is 354 g/mol. The van der Waals surface area contributed by atoms with Crippen molar-refractivity contribution >= 4 is 31.9 Å². The van der Waals surface area contributed by atoms with Crippen molar-refractivity contribution in [3.63, 3.8) is 0 Å². The molecule has 0 aliphatic heterocycles. The molecule has 88 valence electrons. The Bertz CT molecular complexity index is 503. The predicted molar refractivity (Wildman–Crippen MR) is 71.3 cm³/mol. The van der Waals surface area contributed by atoms with Crippen molar-refractivity contribution in [2.45, 2.75) is 4.83 Å². The molecule has 0 aliphatic carbocycles. The van der Waals surface area contributed by atoms with E-state index in [-0.39, 0.29) is 16.5 Å². The largest absolute Gasteiger partial charge is 0.207 e. The highest BCUT2D eigenvalue weighted by molar-refractivity contribution is 9.11. The van der Waals surface area contributed by atoms with Gasteiger partial charge in [0, 0.05) is 10.0 Å². The maximum Gasteiger partial charge on any atom is 0.129 e. The zero-order chi connectivity index (χ0) is 12.4. The molecule has 0 saturated heterocycles. The Morgan fingerprint density at radius 1 is 0.941 bits per heavy atom. The maximum absolute atomic E-state index is 13.7. The molecule has 0 spiro atoms. The summed E-state index contributed by atoms with van der Waals surface area (Å²) in [7, 11) is 0. The second kappa shape index (κ2) is 5.27. The SMILES string of the molecule is Fc1ccc(C(Br)c2c(F)cccc2Br)cc1. The first-order chi connectivity index (χ1) is 8.09. The quantitative estimate of drug-likeness (QED) is 0.644. The molecule has 0 radical (unpaired) electrons. The van der Waals surface area contributed by atoms with Gasteiger partial charge in [0.05, 0.1) is 4.83 Å². The Morgan fingerprint density at radius 3 is 2.18 bits per heavy atom. The minimum atomic E-state index is -0.307. The number of alkyl halides is 1. The van der Waals surface area contributed by atoms with Gasteiger partial charge in [-0.05, 0) is 29.8 Å². The first-order valence-corrected chi connectivity index (χ1v) is 6.64. The highest BCUT2D eigenvalue weighted by Gasteiger charge is 2.17. The van der Waals surface area contributed by atoms with E-state index in [1.165, 1.54) is 18.2 Å². The molecular formula is C13H8Br2F2. The van der Waals surface area contributed by atoms with Crippen molar-refractivity contribution in [3.05, 3.63) is 69.7 Å². The normalized spacial score (nSPS) is 12.5. The predicted octanol–water partition coefficient (Wildman–Crippen LogP) is 5.21. The van der Waals surface area contributed by atoms with Crippen LogP contribution in [0.15, 0.2) is 46.9 Å². The molecule has 2 aromatic rings. The molecule has 0 aliphatic rings. The Kier molecular flexibility index (Phi) is 3.94. The standard InChI is InChI=1S/C13H8Br2F2/c14-10-2-1-3-11(17)12(10)13(15)8-4-6-9(16)7-5-8/h1-7,13H. The molecule has 0 saturated carbocycles. The van der Waals surface area contributed by atoms with E-state index < -0.39 is 0 Å². The first kappa shape index (κ1) is 12.7. The topological polar surface area (TPSA) is 0 Å². The fraction of sp³-hybridized carbons (Fsp3) is 0.0769. The Labute approximate surface area is 115 Å². The summed E-state index contributed by atoms with van der Waals surface area (Å²) in [4.78, 5) is -0.307. The lowest BCUT2D eigenvalue weighted by Crippen LogP contribution is -1.98. The van der Waals surface area contributed by atoms with Gasteiger partial charge in [0.15, 0.2) is 0 Å². The van der Waals surface area contributed by atoms with Crippen LogP contribution in [0.5, 0.6) is 0 Å². The van der Waals surface area contributed by atoms with Crippen LogP contribution in [0.4, 0.5) is 8.78 Å². The van der Waals surface area contributed by atoms with Gasteiger partial charge in [-0.3, -0.25) is 0 Å². The zero-order valence-corrected chi connectivity index (χ0v) is 11.8. The summed E-state index contributed by atoms with van der Waals surface area (Å²) < 4.78 is 27.2. The van der Waals surface area contributed by atoms with Crippen LogP contribution >= 0.6 is 31.9 Å². The van der Waals surface area contributed by atoms with Crippen molar-refractivity contribution in [2.75, 3.05) is 0 Å². The highest BCUT2D eigenvalue weighted by atomic mass is 79.9. The first-order valence-electron chi connectivity index (χ1n) is 4.93. The van der Waals surface area contributed by atoms with Gasteiger partial charge in [-0.2, -0.15) is 0 Å². The summed E-state index contributed by atoms with van der Waals surface area (Å²) in [5.41, 5.74) is 1.32. The minimum Gasteiger partial charge on any atom is -0.207 e. The lowest BCUT2D eigenvalue weighted by molar-refractivity contribution is 0.611. The van der Waals surface area contributed by atoms with Gasteiger partial charge in [0.1, 0.15) is 11.6 Å². The summed E-state index contributed by atoms with van der Waals surface area (Å²) in [5, 5.41) is 0. The number of benzene rings is 2. The third-order valence-corrected chi connectivity index (χ3v) is 4.09. The monoisotopic (exact) mass is 360 g/mol. The lowest BCUT2D eigenvalue weighted by atomic mass is 10.0. The Hall–Kier alpha value is -0.740. The number of hydrogen-bond donors (Lipinski definition) is 0. The van der Waals surface area contributed by atoms with Crippen molar-refractivity contribution < 1.29 is 8.78 Å². The summed E-state index contributed by atoms with van der Waals surface area (Å²) in [6, 6.07) is 10.8. The van der Waals surface area contributed by atoms with Crippen LogP contribution in [0.1, 0.15) is 16.0 Å². The molecule has 17 heavy (non-hydrogen) atoms. The lowest BCUT2D eigenvalue weighted by Gasteiger charge is -2.13. The van der Waals surface area contributed by atoms with Gasteiger partial charge in [-0.1, -0.05) is 50.1 Å². The summed E-state index contributed by atoms with van der Waals surface area (Å²) in [6.07, 6.45) is 0. The van der Waals surface area contributed by atoms with Gasteiger partial charge in [0.25, 0.3) is 0 Å². The maximum atomic E-state index is 13.7. The fourth-order valence-electron chi connectivity index (χ4n) is 1.55. The molecule has 0 bridgehead atoms. The molecule has 0 amide bonds. The van der Waals surface area contributed by atoms with Crippen LogP contribution in [0.3, 0.4) is 0 Å². The summed E-state index contributed by atoms with van der Waals surface area (Å²) in [6.45, 7) is 0. The molecule has 0 fully saturated rings. The molecule has 0 N–H and O–H groups in total. The average Bonchev–Trinajstić information content (AvgIpc) is 2.29.